The molecule has 0 spiro atoms. The van der Waals surface area contributed by atoms with Gasteiger partial charge < -0.3 is 26.0 Å². The number of rotatable bonds is 7. The van der Waals surface area contributed by atoms with E-state index in [0.717, 1.165) is 0 Å². The van der Waals surface area contributed by atoms with Gasteiger partial charge in [-0.1, -0.05) is 12.1 Å². The Bertz CT molecular complexity index is 1100. The van der Waals surface area contributed by atoms with E-state index < -0.39 is 18.0 Å². The maximum Gasteiger partial charge on any atom is 0.414 e. The molecule has 2 aliphatic heterocycles. The van der Waals surface area contributed by atoms with Gasteiger partial charge in [-0.25, -0.2) is 14.0 Å². The first-order valence-corrected chi connectivity index (χ1v) is 11.6. The fraction of sp³-hybridized carbons (Fsp3) is 0.261. The van der Waals surface area contributed by atoms with Crippen LogP contribution >= 0.6 is 11.8 Å². The number of carbonyl (C=O) groups excluding carboxylic acids is 3. The number of nitrogens with one attached hydrogen (secondary N) is 4. The van der Waals surface area contributed by atoms with E-state index in [9.17, 15) is 18.8 Å². The molecule has 2 heterocycles. The Balaban J connectivity index is 1.35. The van der Waals surface area contributed by atoms with Gasteiger partial charge in [-0.05, 0) is 41.3 Å². The average molecular weight is 486 g/mol. The molecule has 2 atom stereocenters. The molecule has 0 radical (unpaired) electrons. The van der Waals surface area contributed by atoms with Gasteiger partial charge in [0.25, 0.3) is 0 Å². The van der Waals surface area contributed by atoms with Gasteiger partial charge >= 0.3 is 12.1 Å². The number of amides is 4. The zero-order chi connectivity index (χ0) is 24.1. The van der Waals surface area contributed by atoms with Crippen molar-refractivity contribution in [2.45, 2.75) is 18.4 Å². The Morgan fingerprint density at radius 2 is 1.97 bits per heavy atom. The maximum absolute atomic E-state index is 14.9. The van der Waals surface area contributed by atoms with Crippen molar-refractivity contribution < 1.29 is 23.5 Å². The lowest BCUT2D eigenvalue weighted by atomic mass is 10.0. The molecule has 2 aliphatic rings. The van der Waals surface area contributed by atoms with Crippen LogP contribution in [0.3, 0.4) is 0 Å². The van der Waals surface area contributed by atoms with Crippen LogP contribution in [-0.4, -0.2) is 49.1 Å². The molecule has 4 rings (SSSR count). The molecule has 2 aromatic rings. The highest BCUT2D eigenvalue weighted by Crippen LogP contribution is 2.29. The number of benzene rings is 2. The summed E-state index contributed by atoms with van der Waals surface area (Å²) in [4.78, 5) is 36.6. The van der Waals surface area contributed by atoms with Crippen molar-refractivity contribution in [1.29, 1.82) is 0 Å². The van der Waals surface area contributed by atoms with Gasteiger partial charge in [0.1, 0.15) is 11.9 Å². The predicted molar refractivity (Wildman–Crippen MR) is 129 cm³/mol. The summed E-state index contributed by atoms with van der Waals surface area (Å²) in [5.74, 6) is -0.714. The third kappa shape index (κ3) is 5.79. The van der Waals surface area contributed by atoms with Crippen molar-refractivity contribution in [1.82, 2.24) is 16.0 Å². The van der Waals surface area contributed by atoms with Crippen molar-refractivity contribution in [3.63, 3.8) is 0 Å². The first-order valence-electron chi connectivity index (χ1n) is 10.6. The van der Waals surface area contributed by atoms with E-state index >= 15 is 0 Å². The molecule has 0 aromatic heterocycles. The minimum absolute atomic E-state index is 0.115. The first kappa shape index (κ1) is 23.4. The number of hydrogen-bond acceptors (Lipinski definition) is 6. The molecule has 1 saturated heterocycles. The minimum Gasteiger partial charge on any atom is -0.442 e. The normalized spacial score (nSPS) is 18.9. The molecule has 178 valence electrons. The van der Waals surface area contributed by atoms with Crippen LogP contribution < -0.4 is 26.2 Å². The van der Waals surface area contributed by atoms with Crippen LogP contribution in [0, 0.1) is 5.82 Å². The van der Waals surface area contributed by atoms with Gasteiger partial charge in [0.15, 0.2) is 0 Å². The fourth-order valence-electron chi connectivity index (χ4n) is 3.52. The number of cyclic esters (lactones) is 1. The zero-order valence-corrected chi connectivity index (χ0v) is 19.2. The molecule has 0 saturated carbocycles. The fourth-order valence-corrected chi connectivity index (χ4v) is 4.21. The Hall–Kier alpha value is -3.73. The molecule has 4 amide bonds. The van der Waals surface area contributed by atoms with Gasteiger partial charge in [-0.15, -0.1) is 11.8 Å². The summed E-state index contributed by atoms with van der Waals surface area (Å²) in [6.07, 6.45) is 0.747. The van der Waals surface area contributed by atoms with Gasteiger partial charge in [-0.2, -0.15) is 0 Å². The summed E-state index contributed by atoms with van der Waals surface area (Å²) in [6, 6.07) is 11.0. The number of hydrogen-bond donors (Lipinski definition) is 4. The minimum atomic E-state index is -0.588. The average Bonchev–Trinajstić information content (AvgIpc) is 3.46. The molecule has 2 aromatic carbocycles. The zero-order valence-electron chi connectivity index (χ0n) is 18.3. The van der Waals surface area contributed by atoms with E-state index in [1.165, 1.54) is 17.9 Å². The van der Waals surface area contributed by atoms with E-state index in [2.05, 4.69) is 21.3 Å². The van der Waals surface area contributed by atoms with Gasteiger partial charge in [0.2, 0.25) is 5.91 Å². The second-order valence-corrected chi connectivity index (χ2v) is 8.84. The number of urea groups is 1. The lowest BCUT2D eigenvalue weighted by molar-refractivity contribution is -0.119. The molecular weight excluding hydrogens is 461 g/mol. The quantitative estimate of drug-likeness (QED) is 0.479. The summed E-state index contributed by atoms with van der Waals surface area (Å²) in [6.45, 7) is 2.26. The SMILES string of the molecule is CC(=O)NC[C@H]1CN(c2ccc(-c3ccc(NC(=O)NCC4NC=CS4)cc3)c(F)c2)C(=O)O1. The summed E-state index contributed by atoms with van der Waals surface area (Å²) in [5.41, 5.74) is 1.93. The topological polar surface area (TPSA) is 112 Å². The third-order valence-electron chi connectivity index (χ3n) is 5.21. The smallest absolute Gasteiger partial charge is 0.414 e. The second kappa shape index (κ2) is 10.5. The number of nitrogens with zero attached hydrogens (tertiary/aromatic N) is 1. The lowest BCUT2D eigenvalue weighted by Crippen LogP contribution is -2.37. The molecule has 0 aliphatic carbocycles. The monoisotopic (exact) mass is 485 g/mol. The number of thioether (sulfide) groups is 1. The second-order valence-electron chi connectivity index (χ2n) is 7.72. The molecule has 11 heteroatoms. The summed E-state index contributed by atoms with van der Waals surface area (Å²) in [7, 11) is 0. The van der Waals surface area contributed by atoms with Crippen LogP contribution in [-0.2, 0) is 9.53 Å². The molecule has 1 fully saturated rings. The number of halogens is 1. The Kier molecular flexibility index (Phi) is 7.21. The largest absolute Gasteiger partial charge is 0.442 e. The molecule has 4 N–H and O–H groups in total. The van der Waals surface area contributed by atoms with E-state index in [1.54, 1.807) is 48.2 Å². The van der Waals surface area contributed by atoms with Gasteiger partial charge in [-0.3, -0.25) is 9.69 Å². The Morgan fingerprint density at radius 3 is 2.65 bits per heavy atom. The van der Waals surface area contributed by atoms with Crippen LogP contribution in [0.4, 0.5) is 25.4 Å². The molecule has 34 heavy (non-hydrogen) atoms. The summed E-state index contributed by atoms with van der Waals surface area (Å²) < 4.78 is 20.1. The molecular formula is C23H24FN5O4S. The van der Waals surface area contributed by atoms with Crippen LogP contribution in [0.15, 0.2) is 54.1 Å². The first-order chi connectivity index (χ1) is 16.4. The molecule has 0 bridgehead atoms. The predicted octanol–water partition coefficient (Wildman–Crippen LogP) is 3.21. The van der Waals surface area contributed by atoms with Gasteiger partial charge in [0.05, 0.1) is 24.2 Å². The lowest BCUT2D eigenvalue weighted by Gasteiger charge is -2.15. The van der Waals surface area contributed by atoms with Crippen LogP contribution in [0.5, 0.6) is 0 Å². The maximum atomic E-state index is 14.9. The highest BCUT2D eigenvalue weighted by Gasteiger charge is 2.32. The number of anilines is 2. The van der Waals surface area contributed by atoms with Crippen molar-refractivity contribution in [3.8, 4) is 11.1 Å². The van der Waals surface area contributed by atoms with Crippen molar-refractivity contribution >= 4 is 41.2 Å². The van der Waals surface area contributed by atoms with Gasteiger partial charge in [0, 0.05) is 30.9 Å². The highest BCUT2D eigenvalue weighted by atomic mass is 32.2. The van der Waals surface area contributed by atoms with Crippen molar-refractivity contribution in [2.75, 3.05) is 29.9 Å². The molecule has 1 unspecified atom stereocenters. The third-order valence-corrected chi connectivity index (χ3v) is 6.14. The Labute approximate surface area is 200 Å². The number of carbonyl (C=O) groups is 3. The van der Waals surface area contributed by atoms with E-state index in [4.69, 9.17) is 4.74 Å². The van der Waals surface area contributed by atoms with Crippen LogP contribution in [0.25, 0.3) is 11.1 Å². The highest BCUT2D eigenvalue weighted by molar-refractivity contribution is 8.02. The molecule has 9 nitrogen and oxygen atoms in total. The Morgan fingerprint density at radius 1 is 1.18 bits per heavy atom. The van der Waals surface area contributed by atoms with E-state index in [1.807, 2.05) is 11.6 Å². The summed E-state index contributed by atoms with van der Waals surface area (Å²) in [5, 5.41) is 13.3. The summed E-state index contributed by atoms with van der Waals surface area (Å²) >= 11 is 1.59. The van der Waals surface area contributed by atoms with Crippen molar-refractivity contribution in [3.05, 3.63) is 59.9 Å². The van der Waals surface area contributed by atoms with E-state index in [0.29, 0.717) is 29.0 Å². The van der Waals surface area contributed by atoms with Crippen molar-refractivity contribution in [2.24, 2.45) is 0 Å². The number of ether oxygens (including phenoxy) is 1. The van der Waals surface area contributed by atoms with Crippen LogP contribution in [0.2, 0.25) is 0 Å². The van der Waals surface area contributed by atoms with Crippen LogP contribution in [0.1, 0.15) is 6.92 Å². The standard InChI is InChI=1S/C23H24FN5O4S/c1-14(30)26-11-18-13-29(23(32)33-18)17-6-7-19(20(24)10-17)15-2-4-16(5-3-15)28-22(31)27-12-21-25-8-9-34-21/h2-10,18,21,25H,11-13H2,1H3,(H,26,30)(H2,27,28,31)/t18-,21?/m0/s1. The van der Waals surface area contributed by atoms with E-state index in [-0.39, 0.29) is 30.4 Å².